The third-order valence-electron chi connectivity index (χ3n) is 6.66. The largest absolute Gasteiger partial charge is 0.375 e. The normalized spacial score (nSPS) is 27.5. The first-order valence-electron chi connectivity index (χ1n) is 11.4. The molecule has 3 aliphatic heterocycles. The fourth-order valence-electron chi connectivity index (χ4n) is 5.16. The van der Waals surface area contributed by atoms with Crippen molar-refractivity contribution in [2.24, 2.45) is 11.8 Å². The van der Waals surface area contributed by atoms with Gasteiger partial charge in [-0.05, 0) is 12.5 Å². The fourth-order valence-corrected chi connectivity index (χ4v) is 5.16. The number of ether oxygens (including phenoxy) is 1. The minimum Gasteiger partial charge on any atom is -0.375 e. The zero-order valence-corrected chi connectivity index (χ0v) is 19.0. The number of benzene rings is 1. The summed E-state index contributed by atoms with van der Waals surface area (Å²) in [6.45, 7) is 4.01. The van der Waals surface area contributed by atoms with Crippen LogP contribution >= 0.6 is 0 Å². The highest BCUT2D eigenvalue weighted by molar-refractivity contribution is 6.10. The summed E-state index contributed by atoms with van der Waals surface area (Å²) in [6.07, 6.45) is 3.61. The highest BCUT2D eigenvalue weighted by Crippen LogP contribution is 2.44. The topological polar surface area (TPSA) is 99.3 Å². The fraction of sp³-hybridized carbons (Fsp3) is 0.500. The number of amides is 4. The van der Waals surface area contributed by atoms with Crippen molar-refractivity contribution in [2.45, 2.75) is 19.0 Å². The molecule has 0 saturated carbocycles. The van der Waals surface area contributed by atoms with Crippen LogP contribution in [0.25, 0.3) is 6.08 Å². The van der Waals surface area contributed by atoms with E-state index in [4.69, 9.17) is 4.74 Å². The zero-order chi connectivity index (χ0) is 23.5. The third kappa shape index (κ3) is 4.18. The van der Waals surface area contributed by atoms with Crippen molar-refractivity contribution < 1.29 is 23.9 Å². The molecule has 4 amide bonds. The monoisotopic (exact) mass is 454 g/mol. The molecule has 1 N–H and O–H groups in total. The van der Waals surface area contributed by atoms with Crippen molar-refractivity contribution in [2.75, 3.05) is 46.4 Å². The second-order valence-electron chi connectivity index (χ2n) is 8.49. The van der Waals surface area contributed by atoms with Gasteiger partial charge in [0.05, 0.1) is 17.9 Å². The smallest absolute Gasteiger partial charge is 0.249 e. The molecule has 9 heteroatoms. The summed E-state index contributed by atoms with van der Waals surface area (Å²) in [4.78, 5) is 57.8. The van der Waals surface area contributed by atoms with Gasteiger partial charge >= 0.3 is 0 Å². The van der Waals surface area contributed by atoms with Crippen LogP contribution in [-0.2, 0) is 23.9 Å². The molecular formula is C24H30N4O5. The Morgan fingerprint density at radius 2 is 1.76 bits per heavy atom. The van der Waals surface area contributed by atoms with Gasteiger partial charge in [0.2, 0.25) is 23.6 Å². The molecule has 0 bridgehead atoms. The molecule has 4 unspecified atom stereocenters. The average molecular weight is 455 g/mol. The molecular weight excluding hydrogens is 424 g/mol. The van der Waals surface area contributed by atoms with E-state index in [0.717, 1.165) is 5.56 Å². The molecule has 4 atom stereocenters. The van der Waals surface area contributed by atoms with Crippen LogP contribution in [0.3, 0.4) is 0 Å². The van der Waals surface area contributed by atoms with Gasteiger partial charge in [0.15, 0.2) is 0 Å². The standard InChI is InChI=1S/C24H30N4O5/c1-3-27-22(30)19-17(10-9-16-7-5-4-6-8-16)28(18(29)15-33-2)21(20(19)23(27)31)24(32)26-13-11-25-12-14-26/h4-10,17,19-21,25H,3,11-15H2,1-2H3. The highest BCUT2D eigenvalue weighted by Gasteiger charge is 2.64. The van der Waals surface area contributed by atoms with Gasteiger partial charge in [-0.3, -0.25) is 24.1 Å². The van der Waals surface area contributed by atoms with E-state index in [0.29, 0.717) is 26.2 Å². The molecule has 9 nitrogen and oxygen atoms in total. The summed E-state index contributed by atoms with van der Waals surface area (Å²) in [6, 6.07) is 7.76. The molecule has 1 aromatic carbocycles. The maximum atomic E-state index is 13.7. The molecule has 0 aliphatic carbocycles. The first kappa shape index (κ1) is 23.1. The van der Waals surface area contributed by atoms with Crippen molar-refractivity contribution in [3.05, 3.63) is 42.0 Å². The van der Waals surface area contributed by atoms with Crippen molar-refractivity contribution in [3.63, 3.8) is 0 Å². The molecule has 4 rings (SSSR count). The summed E-state index contributed by atoms with van der Waals surface area (Å²) in [5, 5.41) is 3.21. The quantitative estimate of drug-likeness (QED) is 0.607. The number of nitrogens with one attached hydrogen (secondary N) is 1. The number of fused-ring (bicyclic) bond motifs is 1. The highest BCUT2D eigenvalue weighted by atomic mass is 16.5. The van der Waals surface area contributed by atoms with Gasteiger partial charge in [0, 0.05) is 39.8 Å². The number of likely N-dealkylation sites (tertiary alicyclic amines) is 2. The third-order valence-corrected chi connectivity index (χ3v) is 6.66. The second-order valence-corrected chi connectivity index (χ2v) is 8.49. The van der Waals surface area contributed by atoms with Crippen LogP contribution in [0.2, 0.25) is 0 Å². The van der Waals surface area contributed by atoms with Gasteiger partial charge in [0.25, 0.3) is 0 Å². The van der Waals surface area contributed by atoms with Crippen LogP contribution < -0.4 is 5.32 Å². The molecule has 33 heavy (non-hydrogen) atoms. The number of carbonyl (C=O) groups excluding carboxylic acids is 4. The maximum absolute atomic E-state index is 13.7. The van der Waals surface area contributed by atoms with E-state index in [1.165, 1.54) is 16.9 Å². The minimum atomic E-state index is -1.03. The van der Waals surface area contributed by atoms with Crippen LogP contribution in [0.15, 0.2) is 36.4 Å². The molecule has 3 fully saturated rings. The first-order valence-corrected chi connectivity index (χ1v) is 11.4. The Kier molecular flexibility index (Phi) is 6.90. The molecule has 3 aliphatic rings. The van der Waals surface area contributed by atoms with Gasteiger partial charge in [-0.1, -0.05) is 42.5 Å². The maximum Gasteiger partial charge on any atom is 0.249 e. The predicted octanol–water partition coefficient (Wildman–Crippen LogP) is -0.0215. The van der Waals surface area contributed by atoms with E-state index in [9.17, 15) is 19.2 Å². The van der Waals surface area contributed by atoms with Crippen LogP contribution in [-0.4, -0.2) is 96.9 Å². The Balaban J connectivity index is 1.77. The lowest BCUT2D eigenvalue weighted by Gasteiger charge is -2.36. The van der Waals surface area contributed by atoms with Crippen molar-refractivity contribution >= 4 is 29.7 Å². The SMILES string of the molecule is CCN1C(=O)C2C(C1=O)C(C(=O)N1CCNCC1)N(C(=O)COC)C2C=Cc1ccccc1. The second kappa shape index (κ2) is 9.84. The Labute approximate surface area is 193 Å². The minimum absolute atomic E-state index is 0.236. The predicted molar refractivity (Wildman–Crippen MR) is 121 cm³/mol. The van der Waals surface area contributed by atoms with Gasteiger partial charge in [-0.2, -0.15) is 0 Å². The molecule has 3 saturated heterocycles. The molecule has 3 heterocycles. The molecule has 1 aromatic rings. The van der Waals surface area contributed by atoms with Gasteiger partial charge < -0.3 is 19.9 Å². The lowest BCUT2D eigenvalue weighted by Crippen LogP contribution is -2.57. The lowest BCUT2D eigenvalue weighted by molar-refractivity contribution is -0.152. The van der Waals surface area contributed by atoms with Crippen LogP contribution in [0.5, 0.6) is 0 Å². The Morgan fingerprint density at radius 3 is 2.39 bits per heavy atom. The molecule has 0 spiro atoms. The first-order chi connectivity index (χ1) is 16.0. The number of rotatable bonds is 6. The van der Waals surface area contributed by atoms with Crippen LogP contribution in [0.4, 0.5) is 0 Å². The Bertz CT molecular complexity index is 943. The lowest BCUT2D eigenvalue weighted by atomic mass is 9.88. The summed E-state index contributed by atoms with van der Waals surface area (Å²) in [7, 11) is 1.41. The van der Waals surface area contributed by atoms with E-state index in [1.54, 1.807) is 17.9 Å². The summed E-state index contributed by atoms with van der Waals surface area (Å²) in [5.74, 6) is -3.11. The van der Waals surface area contributed by atoms with E-state index in [1.807, 2.05) is 36.4 Å². The number of hydrogen-bond acceptors (Lipinski definition) is 6. The van der Waals surface area contributed by atoms with Crippen molar-refractivity contribution in [3.8, 4) is 0 Å². The Hall–Kier alpha value is -3.04. The number of methoxy groups -OCH3 is 1. The van der Waals surface area contributed by atoms with Gasteiger partial charge in [-0.15, -0.1) is 0 Å². The van der Waals surface area contributed by atoms with E-state index < -0.39 is 29.8 Å². The molecule has 0 radical (unpaired) electrons. The van der Waals surface area contributed by atoms with E-state index in [-0.39, 0.29) is 30.9 Å². The number of imide groups is 1. The van der Waals surface area contributed by atoms with Crippen LogP contribution in [0.1, 0.15) is 12.5 Å². The summed E-state index contributed by atoms with van der Waals surface area (Å²) >= 11 is 0. The number of nitrogens with zero attached hydrogens (tertiary/aromatic N) is 3. The van der Waals surface area contributed by atoms with E-state index >= 15 is 0 Å². The van der Waals surface area contributed by atoms with Crippen LogP contribution in [0, 0.1) is 11.8 Å². The average Bonchev–Trinajstić information content (AvgIpc) is 3.30. The van der Waals surface area contributed by atoms with Gasteiger partial charge in [-0.25, -0.2) is 0 Å². The van der Waals surface area contributed by atoms with Crippen molar-refractivity contribution in [1.29, 1.82) is 0 Å². The number of piperazine rings is 1. The molecule has 176 valence electrons. The summed E-state index contributed by atoms with van der Waals surface area (Å²) < 4.78 is 5.09. The number of carbonyl (C=O) groups is 4. The Morgan fingerprint density at radius 1 is 1.09 bits per heavy atom. The van der Waals surface area contributed by atoms with Gasteiger partial charge in [0.1, 0.15) is 12.6 Å². The van der Waals surface area contributed by atoms with Crippen molar-refractivity contribution in [1.82, 2.24) is 20.0 Å². The van der Waals surface area contributed by atoms with E-state index in [2.05, 4.69) is 5.32 Å². The summed E-state index contributed by atoms with van der Waals surface area (Å²) in [5.41, 5.74) is 0.897. The number of hydrogen-bond donors (Lipinski definition) is 1. The molecule has 0 aromatic heterocycles. The zero-order valence-electron chi connectivity index (χ0n) is 19.0.